The smallest absolute Gasteiger partial charge is 0.151 e. The molecule has 0 spiro atoms. The maximum atomic E-state index is 13.1. The highest BCUT2D eigenvalue weighted by Gasteiger charge is 2.22. The largest absolute Gasteiger partial charge is 0.298 e. The first kappa shape index (κ1) is 13.4. The molecule has 5 heteroatoms. The van der Waals surface area contributed by atoms with Crippen molar-refractivity contribution in [2.75, 3.05) is 17.3 Å². The van der Waals surface area contributed by atoms with E-state index in [1.807, 2.05) is 11.8 Å². The van der Waals surface area contributed by atoms with E-state index in [2.05, 4.69) is 15.9 Å². The van der Waals surface area contributed by atoms with Gasteiger partial charge in [-0.25, -0.2) is 4.39 Å². The Morgan fingerprint density at radius 3 is 2.94 bits per heavy atom. The monoisotopic (exact) mass is 334 g/mol. The highest BCUT2D eigenvalue weighted by molar-refractivity contribution is 9.10. The lowest BCUT2D eigenvalue weighted by molar-refractivity contribution is -0.117. The molecule has 1 aromatic carbocycles. The van der Waals surface area contributed by atoms with Crippen LogP contribution in [0.25, 0.3) is 0 Å². The maximum Gasteiger partial charge on any atom is 0.151 e. The topological polar surface area (TPSA) is 17.1 Å². The molecule has 0 radical (unpaired) electrons. The minimum atomic E-state index is -0.288. The summed E-state index contributed by atoms with van der Waals surface area (Å²) in [5.41, 5.74) is 0.874. The lowest BCUT2D eigenvalue weighted by Gasteiger charge is -2.19. The van der Waals surface area contributed by atoms with Crippen molar-refractivity contribution in [3.63, 3.8) is 0 Å². The average Bonchev–Trinajstić information content (AvgIpc) is 2.35. The van der Waals surface area contributed by atoms with Gasteiger partial charge in [0.2, 0.25) is 0 Å². The van der Waals surface area contributed by atoms with Gasteiger partial charge in [-0.3, -0.25) is 4.79 Å². The average molecular weight is 335 g/mol. The Labute approximate surface area is 117 Å². The minimum Gasteiger partial charge on any atom is -0.298 e. The summed E-state index contributed by atoms with van der Waals surface area (Å²) in [6, 6.07) is 4.77. The molecule has 2 rings (SSSR count). The molecule has 92 valence electrons. The number of ketones is 1. The number of hydrogen-bond acceptors (Lipinski definition) is 3. The molecule has 1 nitrogen and oxygen atoms in total. The number of benzene rings is 1. The van der Waals surface area contributed by atoms with Crippen LogP contribution in [0.4, 0.5) is 4.39 Å². The van der Waals surface area contributed by atoms with Crippen LogP contribution in [0.1, 0.15) is 5.56 Å². The third kappa shape index (κ3) is 3.73. The van der Waals surface area contributed by atoms with Gasteiger partial charge in [0.05, 0.1) is 9.72 Å². The van der Waals surface area contributed by atoms with Crippen LogP contribution < -0.4 is 0 Å². The number of halogens is 2. The zero-order chi connectivity index (χ0) is 12.3. The van der Waals surface area contributed by atoms with Gasteiger partial charge in [-0.2, -0.15) is 11.8 Å². The van der Waals surface area contributed by atoms with Gasteiger partial charge in [-0.05, 0) is 33.6 Å². The highest BCUT2D eigenvalue weighted by Crippen LogP contribution is 2.26. The molecule has 0 saturated carbocycles. The van der Waals surface area contributed by atoms with Gasteiger partial charge >= 0.3 is 0 Å². The summed E-state index contributed by atoms with van der Waals surface area (Å²) >= 11 is 6.71. The van der Waals surface area contributed by atoms with E-state index in [1.54, 1.807) is 23.9 Å². The maximum absolute atomic E-state index is 13.1. The number of hydrogen-bond donors (Lipinski definition) is 0. The molecule has 0 aromatic heterocycles. The second kappa shape index (κ2) is 6.25. The third-order valence-electron chi connectivity index (χ3n) is 2.54. The van der Waals surface area contributed by atoms with Crippen LogP contribution in [0.3, 0.4) is 0 Å². The molecular formula is C12H12BrFOS2. The second-order valence-electron chi connectivity index (χ2n) is 3.83. The standard InChI is InChI=1S/C12H12BrFOS2/c13-9-5-8(1-2-10(9)14)6-11(15)12-7-16-3-4-17-12/h1-2,5,12H,3-4,6-7H2. The molecule has 1 heterocycles. The van der Waals surface area contributed by atoms with Gasteiger partial charge in [-0.1, -0.05) is 6.07 Å². The molecule has 1 saturated heterocycles. The molecule has 0 amide bonds. The SMILES string of the molecule is O=C(Cc1ccc(F)c(Br)c1)C1CSCCS1. The molecule has 1 aliphatic heterocycles. The van der Waals surface area contributed by atoms with Crippen molar-refractivity contribution < 1.29 is 9.18 Å². The van der Waals surface area contributed by atoms with Crippen molar-refractivity contribution >= 4 is 45.2 Å². The number of carbonyl (C=O) groups is 1. The van der Waals surface area contributed by atoms with Gasteiger partial charge in [0.25, 0.3) is 0 Å². The fourth-order valence-corrected chi connectivity index (χ4v) is 4.71. The molecule has 1 atom stereocenters. The molecule has 0 bridgehead atoms. The first-order valence-electron chi connectivity index (χ1n) is 5.33. The van der Waals surface area contributed by atoms with Gasteiger partial charge in [0, 0.05) is 23.7 Å². The molecule has 0 N–H and O–H groups in total. The van der Waals surface area contributed by atoms with E-state index in [0.717, 1.165) is 22.8 Å². The summed E-state index contributed by atoms with van der Waals surface area (Å²) in [6.45, 7) is 0. The Morgan fingerprint density at radius 1 is 1.47 bits per heavy atom. The van der Waals surface area contributed by atoms with Gasteiger partial charge in [0.1, 0.15) is 5.82 Å². The highest BCUT2D eigenvalue weighted by atomic mass is 79.9. The number of thioether (sulfide) groups is 2. The molecule has 17 heavy (non-hydrogen) atoms. The Kier molecular flexibility index (Phi) is 4.94. The van der Waals surface area contributed by atoms with E-state index < -0.39 is 0 Å². The fraction of sp³-hybridized carbons (Fsp3) is 0.417. The van der Waals surface area contributed by atoms with Crippen LogP contribution in [0.2, 0.25) is 0 Å². The van der Waals surface area contributed by atoms with Gasteiger partial charge < -0.3 is 0 Å². The molecule has 1 aliphatic rings. The first-order valence-corrected chi connectivity index (χ1v) is 8.32. The minimum absolute atomic E-state index is 0.109. The molecule has 1 fully saturated rings. The van der Waals surface area contributed by atoms with Crippen molar-refractivity contribution in [3.8, 4) is 0 Å². The number of carbonyl (C=O) groups excluding carboxylic acids is 1. The Balaban J connectivity index is 1.99. The third-order valence-corrected chi connectivity index (χ3v) is 5.95. The van der Waals surface area contributed by atoms with Gasteiger partial charge in [-0.15, -0.1) is 11.8 Å². The molecular weight excluding hydrogens is 323 g/mol. The Hall–Kier alpha value is -0.000000000000000333. The number of Topliss-reactive ketones (excluding diaryl/α,β-unsaturated/α-hetero) is 1. The van der Waals surface area contributed by atoms with E-state index in [9.17, 15) is 9.18 Å². The van der Waals surface area contributed by atoms with E-state index in [4.69, 9.17) is 0 Å². The summed E-state index contributed by atoms with van der Waals surface area (Å²) in [7, 11) is 0. The molecule has 1 unspecified atom stereocenters. The molecule has 0 aliphatic carbocycles. The summed E-state index contributed by atoms with van der Waals surface area (Å²) < 4.78 is 13.5. The van der Waals surface area contributed by atoms with E-state index in [-0.39, 0.29) is 16.9 Å². The summed E-state index contributed by atoms with van der Waals surface area (Å²) in [4.78, 5) is 12.0. The van der Waals surface area contributed by atoms with Crippen LogP contribution in [0, 0.1) is 5.82 Å². The van der Waals surface area contributed by atoms with E-state index >= 15 is 0 Å². The van der Waals surface area contributed by atoms with Crippen LogP contribution in [-0.4, -0.2) is 28.3 Å². The molecule has 1 aromatic rings. The van der Waals surface area contributed by atoms with Crippen LogP contribution in [-0.2, 0) is 11.2 Å². The van der Waals surface area contributed by atoms with Crippen molar-refractivity contribution in [2.45, 2.75) is 11.7 Å². The normalized spacial score (nSPS) is 20.2. The van der Waals surface area contributed by atoms with Crippen molar-refractivity contribution in [2.24, 2.45) is 0 Å². The van der Waals surface area contributed by atoms with Crippen LogP contribution >= 0.6 is 39.5 Å². The Morgan fingerprint density at radius 2 is 2.29 bits per heavy atom. The van der Waals surface area contributed by atoms with E-state index in [0.29, 0.717) is 10.9 Å². The summed E-state index contributed by atoms with van der Waals surface area (Å²) in [6.07, 6.45) is 0.400. The number of rotatable bonds is 3. The summed E-state index contributed by atoms with van der Waals surface area (Å²) in [5.74, 6) is 3.06. The quantitative estimate of drug-likeness (QED) is 0.841. The van der Waals surface area contributed by atoms with Crippen molar-refractivity contribution in [1.82, 2.24) is 0 Å². The zero-order valence-corrected chi connectivity index (χ0v) is 12.3. The van der Waals surface area contributed by atoms with Crippen LogP contribution in [0.15, 0.2) is 22.7 Å². The second-order valence-corrected chi connectivity index (χ2v) is 7.14. The Bertz CT molecular complexity index is 419. The lowest BCUT2D eigenvalue weighted by atomic mass is 10.1. The predicted molar refractivity (Wildman–Crippen MR) is 76.4 cm³/mol. The zero-order valence-electron chi connectivity index (χ0n) is 9.12. The van der Waals surface area contributed by atoms with Gasteiger partial charge in [0.15, 0.2) is 5.78 Å². The van der Waals surface area contributed by atoms with Crippen molar-refractivity contribution in [3.05, 3.63) is 34.1 Å². The van der Waals surface area contributed by atoms with Crippen molar-refractivity contribution in [1.29, 1.82) is 0 Å². The van der Waals surface area contributed by atoms with Crippen LogP contribution in [0.5, 0.6) is 0 Å². The predicted octanol–water partition coefficient (Wildman–Crippen LogP) is 3.55. The first-order chi connectivity index (χ1) is 8.16. The lowest BCUT2D eigenvalue weighted by Crippen LogP contribution is -2.25. The fourth-order valence-electron chi connectivity index (χ4n) is 1.64. The summed E-state index contributed by atoms with van der Waals surface area (Å²) in [5, 5.41) is 0.109. The van der Waals surface area contributed by atoms with E-state index in [1.165, 1.54) is 6.07 Å².